The summed E-state index contributed by atoms with van der Waals surface area (Å²) in [5, 5.41) is 0. The number of nitrogens with zero attached hydrogens (tertiary/aromatic N) is 1. The van der Waals surface area contributed by atoms with Crippen LogP contribution < -0.4 is 28.5 Å². The highest BCUT2D eigenvalue weighted by molar-refractivity contribution is 8.01. The van der Waals surface area contributed by atoms with Crippen LogP contribution >= 0.6 is 23.1 Å². The first-order valence-corrected chi connectivity index (χ1v) is 7.79. The van der Waals surface area contributed by atoms with Crippen molar-refractivity contribution in [1.82, 2.24) is 0 Å². The van der Waals surface area contributed by atoms with Crippen LogP contribution in [-0.4, -0.2) is 5.75 Å². The molecule has 0 atom stereocenters. The van der Waals surface area contributed by atoms with Crippen LogP contribution in [0.2, 0.25) is 0 Å². The highest BCUT2D eigenvalue weighted by Gasteiger charge is 2.11. The van der Waals surface area contributed by atoms with Crippen LogP contribution in [0.25, 0.3) is 10.6 Å². The molecule has 0 N–H and O–H groups in total. The molecule has 4 heteroatoms. The van der Waals surface area contributed by atoms with E-state index in [1.807, 2.05) is 23.1 Å². The number of rotatable bonds is 5. The standard InChI is InChI=1S/C14H18NS2.HI/c1-3-4-11-16-14-9-8-13(17-14)12-7-5-6-10-15(12)2;/h5-10H,3-4,11H2,1-2H3;1H/q+1;/p-1. The maximum absolute atomic E-state index is 2.24. The molecule has 0 spiro atoms. The van der Waals surface area contributed by atoms with Crippen molar-refractivity contribution in [3.8, 4) is 10.6 Å². The monoisotopic (exact) mass is 391 g/mol. The third-order valence-electron chi connectivity index (χ3n) is 2.63. The average Bonchev–Trinajstić information content (AvgIpc) is 2.79. The van der Waals surface area contributed by atoms with Gasteiger partial charge < -0.3 is 24.0 Å². The molecule has 0 aliphatic heterocycles. The van der Waals surface area contributed by atoms with Crippen molar-refractivity contribution in [2.45, 2.75) is 24.0 Å². The fraction of sp³-hybridized carbons (Fsp3) is 0.357. The van der Waals surface area contributed by atoms with E-state index < -0.39 is 0 Å². The Morgan fingerprint density at radius 1 is 1.22 bits per heavy atom. The molecule has 2 aromatic rings. The lowest BCUT2D eigenvalue weighted by Crippen LogP contribution is -3.00. The SMILES string of the molecule is CCCCSc1ccc(-c2cccc[n+]2C)s1.[I-]. The Kier molecular flexibility index (Phi) is 7.26. The van der Waals surface area contributed by atoms with Gasteiger partial charge in [0.1, 0.15) is 7.05 Å². The van der Waals surface area contributed by atoms with Gasteiger partial charge in [-0.05, 0) is 30.4 Å². The average molecular weight is 391 g/mol. The zero-order valence-electron chi connectivity index (χ0n) is 10.7. The summed E-state index contributed by atoms with van der Waals surface area (Å²) in [6.07, 6.45) is 4.68. The smallest absolute Gasteiger partial charge is 0.222 e. The first-order chi connectivity index (χ1) is 8.31. The van der Waals surface area contributed by atoms with E-state index in [9.17, 15) is 0 Å². The predicted molar refractivity (Wildman–Crippen MR) is 76.6 cm³/mol. The van der Waals surface area contributed by atoms with E-state index in [-0.39, 0.29) is 24.0 Å². The van der Waals surface area contributed by atoms with Crippen molar-refractivity contribution >= 4 is 23.1 Å². The molecule has 0 aromatic carbocycles. The lowest BCUT2D eigenvalue weighted by molar-refractivity contribution is -0.660. The Balaban J connectivity index is 0.00000162. The van der Waals surface area contributed by atoms with Crippen LogP contribution in [0.5, 0.6) is 0 Å². The predicted octanol–water partition coefficient (Wildman–Crippen LogP) is 1.14. The molecule has 0 amide bonds. The van der Waals surface area contributed by atoms with E-state index in [1.165, 1.54) is 33.4 Å². The highest BCUT2D eigenvalue weighted by Crippen LogP contribution is 2.32. The first-order valence-electron chi connectivity index (χ1n) is 5.99. The van der Waals surface area contributed by atoms with E-state index in [4.69, 9.17) is 0 Å². The minimum atomic E-state index is 0. The largest absolute Gasteiger partial charge is 1.00 e. The number of pyridine rings is 1. The van der Waals surface area contributed by atoms with Crippen molar-refractivity contribution < 1.29 is 28.5 Å². The second-order valence-electron chi connectivity index (χ2n) is 4.02. The molecule has 18 heavy (non-hydrogen) atoms. The van der Waals surface area contributed by atoms with Crippen molar-refractivity contribution in [2.24, 2.45) is 7.05 Å². The molecule has 2 aromatic heterocycles. The van der Waals surface area contributed by atoms with Gasteiger partial charge in [-0.3, -0.25) is 0 Å². The molecule has 2 heterocycles. The van der Waals surface area contributed by atoms with Gasteiger partial charge in [0.2, 0.25) is 5.69 Å². The second-order valence-corrected chi connectivity index (χ2v) is 6.50. The summed E-state index contributed by atoms with van der Waals surface area (Å²) in [5.41, 5.74) is 1.29. The summed E-state index contributed by atoms with van der Waals surface area (Å²) >= 11 is 3.87. The van der Waals surface area contributed by atoms with Gasteiger partial charge in [0.25, 0.3) is 0 Å². The van der Waals surface area contributed by atoms with Crippen molar-refractivity contribution in [2.75, 3.05) is 5.75 Å². The van der Waals surface area contributed by atoms with Crippen LogP contribution in [0.1, 0.15) is 19.8 Å². The molecule has 0 aliphatic carbocycles. The molecule has 0 aliphatic rings. The van der Waals surface area contributed by atoms with E-state index in [2.05, 4.69) is 55.1 Å². The second kappa shape index (κ2) is 8.17. The van der Waals surface area contributed by atoms with Gasteiger partial charge in [-0.2, -0.15) is 0 Å². The Bertz CT molecular complexity index is 482. The van der Waals surface area contributed by atoms with Crippen LogP contribution in [0.4, 0.5) is 0 Å². The fourth-order valence-corrected chi connectivity index (χ4v) is 3.99. The van der Waals surface area contributed by atoms with E-state index in [0.29, 0.717) is 0 Å². The first kappa shape index (κ1) is 16.0. The Morgan fingerprint density at radius 2 is 2.06 bits per heavy atom. The lowest BCUT2D eigenvalue weighted by atomic mass is 10.3. The van der Waals surface area contributed by atoms with Gasteiger partial charge >= 0.3 is 0 Å². The van der Waals surface area contributed by atoms with Crippen LogP contribution in [0.15, 0.2) is 40.7 Å². The number of aryl methyl sites for hydroxylation is 1. The number of thiophene rings is 1. The molecule has 0 bridgehead atoms. The van der Waals surface area contributed by atoms with Crippen LogP contribution in [-0.2, 0) is 7.05 Å². The molecule has 0 fully saturated rings. The normalized spacial score (nSPS) is 10.1. The van der Waals surface area contributed by atoms with Crippen molar-refractivity contribution in [3.63, 3.8) is 0 Å². The molecule has 2 rings (SSSR count). The number of hydrogen-bond acceptors (Lipinski definition) is 2. The van der Waals surface area contributed by atoms with Gasteiger partial charge in [0.15, 0.2) is 6.20 Å². The van der Waals surface area contributed by atoms with Crippen LogP contribution in [0.3, 0.4) is 0 Å². The lowest BCUT2D eigenvalue weighted by Gasteiger charge is -1.96. The summed E-state index contributed by atoms with van der Waals surface area (Å²) in [7, 11) is 2.10. The summed E-state index contributed by atoms with van der Waals surface area (Å²) < 4.78 is 3.60. The number of unbranched alkanes of at least 4 members (excludes halogenated alkanes) is 1. The van der Waals surface area contributed by atoms with Gasteiger partial charge in [-0.15, -0.1) is 23.1 Å². The van der Waals surface area contributed by atoms with Gasteiger partial charge in [0, 0.05) is 12.1 Å². The van der Waals surface area contributed by atoms with Crippen molar-refractivity contribution in [3.05, 3.63) is 36.5 Å². The Hall–Kier alpha value is -0.0700. The molecular formula is C14H18INS2. The topological polar surface area (TPSA) is 3.88 Å². The van der Waals surface area contributed by atoms with E-state index in [0.717, 1.165) is 0 Å². The van der Waals surface area contributed by atoms with Gasteiger partial charge in [-0.1, -0.05) is 13.3 Å². The third-order valence-corrected chi connectivity index (χ3v) is 5.05. The summed E-state index contributed by atoms with van der Waals surface area (Å²) in [5.74, 6) is 1.23. The molecule has 1 nitrogen and oxygen atoms in total. The summed E-state index contributed by atoms with van der Waals surface area (Å²) in [6.45, 7) is 2.24. The minimum absolute atomic E-state index is 0. The molecule has 0 unspecified atom stereocenters. The maximum Gasteiger partial charge on any atom is 0.222 e. The van der Waals surface area contributed by atoms with Gasteiger partial charge in [0.05, 0.1) is 9.09 Å². The Labute approximate surface area is 135 Å². The zero-order chi connectivity index (χ0) is 12.1. The molecule has 98 valence electrons. The summed E-state index contributed by atoms with van der Waals surface area (Å²) in [4.78, 5) is 1.35. The number of aromatic nitrogens is 1. The zero-order valence-corrected chi connectivity index (χ0v) is 14.5. The van der Waals surface area contributed by atoms with E-state index in [1.54, 1.807) is 0 Å². The molecule has 0 saturated heterocycles. The number of thioether (sulfide) groups is 1. The third kappa shape index (κ3) is 4.24. The van der Waals surface area contributed by atoms with Crippen LogP contribution in [0, 0.1) is 0 Å². The van der Waals surface area contributed by atoms with Crippen molar-refractivity contribution in [1.29, 1.82) is 0 Å². The van der Waals surface area contributed by atoms with Gasteiger partial charge in [-0.25, -0.2) is 4.57 Å². The highest BCUT2D eigenvalue weighted by atomic mass is 127. The quantitative estimate of drug-likeness (QED) is 0.320. The minimum Gasteiger partial charge on any atom is -1.00 e. The Morgan fingerprint density at radius 3 is 2.78 bits per heavy atom. The fourth-order valence-electron chi connectivity index (χ4n) is 1.63. The molecular weight excluding hydrogens is 373 g/mol. The van der Waals surface area contributed by atoms with E-state index >= 15 is 0 Å². The molecule has 0 radical (unpaired) electrons. The summed E-state index contributed by atoms with van der Waals surface area (Å²) in [6, 6.07) is 10.8. The molecule has 0 saturated carbocycles. The number of halogens is 1. The maximum atomic E-state index is 2.24. The number of hydrogen-bond donors (Lipinski definition) is 0.